The Morgan fingerprint density at radius 3 is 2.13 bits per heavy atom. The summed E-state index contributed by atoms with van der Waals surface area (Å²) in [5.74, 6) is 3.27. The lowest BCUT2D eigenvalue weighted by molar-refractivity contribution is -0.126. The number of ketones is 1. The highest BCUT2D eigenvalue weighted by Gasteiger charge is 2.27. The molecule has 0 atom stereocenters. The van der Waals surface area contributed by atoms with E-state index < -0.39 is 0 Å². The van der Waals surface area contributed by atoms with E-state index in [0.29, 0.717) is 17.6 Å². The summed E-state index contributed by atoms with van der Waals surface area (Å²) >= 11 is 3.62. The molecular formula is C12H22OS2. The quantitative estimate of drug-likeness (QED) is 0.714. The molecule has 0 amide bonds. The van der Waals surface area contributed by atoms with Gasteiger partial charge in [-0.25, -0.2) is 0 Å². The van der Waals surface area contributed by atoms with E-state index in [0.717, 1.165) is 24.3 Å². The molecule has 1 fully saturated rings. The van der Waals surface area contributed by atoms with Gasteiger partial charge in [0.25, 0.3) is 0 Å². The van der Waals surface area contributed by atoms with Crippen molar-refractivity contribution < 1.29 is 4.79 Å². The molecule has 3 heteroatoms. The van der Waals surface area contributed by atoms with E-state index in [1.807, 2.05) is 23.5 Å². The summed E-state index contributed by atoms with van der Waals surface area (Å²) in [5, 5.41) is 0. The standard InChI is InChI=1S/C12H22OS2/c1-14-8-11(9-15-2)12(13)10-6-4-3-5-7-10/h10-11H,3-9H2,1-2H3. The molecule has 0 aromatic rings. The van der Waals surface area contributed by atoms with Gasteiger partial charge < -0.3 is 0 Å². The van der Waals surface area contributed by atoms with Crippen LogP contribution in [0.4, 0.5) is 0 Å². The summed E-state index contributed by atoms with van der Waals surface area (Å²) in [6.45, 7) is 0. The van der Waals surface area contributed by atoms with Crippen LogP contribution < -0.4 is 0 Å². The smallest absolute Gasteiger partial charge is 0.140 e. The van der Waals surface area contributed by atoms with Crippen LogP contribution in [0.15, 0.2) is 0 Å². The topological polar surface area (TPSA) is 17.1 Å². The lowest BCUT2D eigenvalue weighted by Gasteiger charge is -2.24. The Kier molecular flexibility index (Phi) is 6.82. The molecule has 1 saturated carbocycles. The highest BCUT2D eigenvalue weighted by molar-refractivity contribution is 7.99. The average Bonchev–Trinajstić information content (AvgIpc) is 2.29. The zero-order valence-corrected chi connectivity index (χ0v) is 11.5. The zero-order valence-electron chi connectivity index (χ0n) is 9.83. The normalized spacial score (nSPS) is 18.3. The first-order chi connectivity index (χ1) is 7.29. The van der Waals surface area contributed by atoms with Gasteiger partial charge in [0.1, 0.15) is 5.78 Å². The molecule has 15 heavy (non-hydrogen) atoms. The number of carbonyl (C=O) groups is 1. The number of hydrogen-bond donors (Lipinski definition) is 0. The fourth-order valence-corrected chi connectivity index (χ4v) is 3.85. The molecule has 0 aromatic carbocycles. The van der Waals surface area contributed by atoms with Crippen molar-refractivity contribution in [1.82, 2.24) is 0 Å². The summed E-state index contributed by atoms with van der Waals surface area (Å²) in [4.78, 5) is 12.3. The van der Waals surface area contributed by atoms with Crippen LogP contribution in [0.2, 0.25) is 0 Å². The Morgan fingerprint density at radius 1 is 1.13 bits per heavy atom. The Bertz CT molecular complexity index is 182. The Morgan fingerprint density at radius 2 is 1.67 bits per heavy atom. The van der Waals surface area contributed by atoms with Crippen molar-refractivity contribution in [2.45, 2.75) is 32.1 Å². The van der Waals surface area contributed by atoms with Gasteiger partial charge in [-0.2, -0.15) is 23.5 Å². The van der Waals surface area contributed by atoms with Crippen LogP contribution in [0.3, 0.4) is 0 Å². The van der Waals surface area contributed by atoms with Gasteiger partial charge in [-0.3, -0.25) is 4.79 Å². The first kappa shape index (κ1) is 13.4. The molecule has 0 bridgehead atoms. The van der Waals surface area contributed by atoms with E-state index in [-0.39, 0.29) is 0 Å². The van der Waals surface area contributed by atoms with E-state index >= 15 is 0 Å². The van der Waals surface area contributed by atoms with E-state index in [1.165, 1.54) is 19.3 Å². The zero-order chi connectivity index (χ0) is 11.1. The molecule has 0 radical (unpaired) electrons. The van der Waals surface area contributed by atoms with E-state index in [9.17, 15) is 4.79 Å². The van der Waals surface area contributed by atoms with Crippen molar-refractivity contribution in [3.63, 3.8) is 0 Å². The minimum atomic E-state index is 0.304. The number of carbonyl (C=O) groups excluding carboxylic acids is 1. The second-order valence-corrected chi connectivity index (χ2v) is 6.17. The molecule has 1 rings (SSSR count). The Hall–Kier alpha value is 0.370. The van der Waals surface area contributed by atoms with Gasteiger partial charge >= 0.3 is 0 Å². The van der Waals surface area contributed by atoms with Crippen LogP contribution in [0.1, 0.15) is 32.1 Å². The molecular weight excluding hydrogens is 224 g/mol. The molecule has 0 aliphatic heterocycles. The van der Waals surface area contributed by atoms with Crippen molar-refractivity contribution in [3.05, 3.63) is 0 Å². The SMILES string of the molecule is CSCC(CSC)C(=O)C1CCCCC1. The predicted molar refractivity (Wildman–Crippen MR) is 71.8 cm³/mol. The van der Waals surface area contributed by atoms with Gasteiger partial charge in [0, 0.05) is 23.3 Å². The van der Waals surface area contributed by atoms with Crippen LogP contribution in [0.25, 0.3) is 0 Å². The molecule has 1 nitrogen and oxygen atoms in total. The molecule has 0 heterocycles. The lowest BCUT2D eigenvalue weighted by Crippen LogP contribution is -2.28. The molecule has 0 saturated heterocycles. The molecule has 0 spiro atoms. The van der Waals surface area contributed by atoms with Gasteiger partial charge in [-0.15, -0.1) is 0 Å². The molecule has 0 aromatic heterocycles. The molecule has 0 N–H and O–H groups in total. The monoisotopic (exact) mass is 246 g/mol. The van der Waals surface area contributed by atoms with Crippen LogP contribution in [-0.2, 0) is 4.79 Å². The fourth-order valence-electron chi connectivity index (χ4n) is 2.34. The summed E-state index contributed by atoms with van der Waals surface area (Å²) in [6.07, 6.45) is 10.4. The number of rotatable bonds is 6. The summed E-state index contributed by atoms with van der Waals surface area (Å²) in [7, 11) is 0. The lowest BCUT2D eigenvalue weighted by atomic mass is 9.82. The maximum absolute atomic E-state index is 12.3. The molecule has 1 aliphatic rings. The maximum Gasteiger partial charge on any atom is 0.140 e. The highest BCUT2D eigenvalue weighted by Crippen LogP contribution is 2.28. The molecule has 88 valence electrons. The van der Waals surface area contributed by atoms with Crippen molar-refractivity contribution in [1.29, 1.82) is 0 Å². The fraction of sp³-hybridized carbons (Fsp3) is 0.917. The van der Waals surface area contributed by atoms with Gasteiger partial charge in [0.2, 0.25) is 0 Å². The van der Waals surface area contributed by atoms with Crippen LogP contribution >= 0.6 is 23.5 Å². The first-order valence-electron chi connectivity index (χ1n) is 5.81. The predicted octanol–water partition coefficient (Wildman–Crippen LogP) is 3.48. The van der Waals surface area contributed by atoms with Crippen LogP contribution in [-0.4, -0.2) is 29.8 Å². The number of thioether (sulfide) groups is 2. The average molecular weight is 246 g/mol. The van der Waals surface area contributed by atoms with Crippen molar-refractivity contribution in [2.24, 2.45) is 11.8 Å². The number of Topliss-reactive ketones (excluding diaryl/α,β-unsaturated/α-hetero) is 1. The van der Waals surface area contributed by atoms with Gasteiger partial charge in [0.15, 0.2) is 0 Å². The largest absolute Gasteiger partial charge is 0.299 e. The third kappa shape index (κ3) is 4.39. The third-order valence-electron chi connectivity index (χ3n) is 3.15. The van der Waals surface area contributed by atoms with Crippen molar-refractivity contribution in [3.8, 4) is 0 Å². The van der Waals surface area contributed by atoms with E-state index in [2.05, 4.69) is 12.5 Å². The summed E-state index contributed by atoms with van der Waals surface area (Å²) in [6, 6.07) is 0. The second kappa shape index (κ2) is 7.61. The van der Waals surface area contributed by atoms with E-state index in [1.54, 1.807) is 0 Å². The van der Waals surface area contributed by atoms with Crippen LogP contribution in [0, 0.1) is 11.8 Å². The van der Waals surface area contributed by atoms with Crippen molar-refractivity contribution >= 4 is 29.3 Å². The second-order valence-electron chi connectivity index (χ2n) is 4.34. The minimum Gasteiger partial charge on any atom is -0.299 e. The van der Waals surface area contributed by atoms with Gasteiger partial charge in [0.05, 0.1) is 0 Å². The van der Waals surface area contributed by atoms with Crippen molar-refractivity contribution in [2.75, 3.05) is 24.0 Å². The summed E-state index contributed by atoms with van der Waals surface area (Å²) < 4.78 is 0. The third-order valence-corrected chi connectivity index (χ3v) is 4.62. The summed E-state index contributed by atoms with van der Waals surface area (Å²) in [5.41, 5.74) is 0. The maximum atomic E-state index is 12.3. The highest BCUT2D eigenvalue weighted by atomic mass is 32.2. The molecule has 1 aliphatic carbocycles. The Labute approximate surface area is 102 Å². The van der Waals surface area contributed by atoms with Crippen LogP contribution in [0.5, 0.6) is 0 Å². The first-order valence-corrected chi connectivity index (χ1v) is 8.60. The molecule has 0 unspecified atom stereocenters. The van der Waals surface area contributed by atoms with Gasteiger partial charge in [-0.05, 0) is 25.4 Å². The number of hydrogen-bond acceptors (Lipinski definition) is 3. The van der Waals surface area contributed by atoms with Gasteiger partial charge in [-0.1, -0.05) is 19.3 Å². The Balaban J connectivity index is 2.45. The van der Waals surface area contributed by atoms with E-state index in [4.69, 9.17) is 0 Å². The minimum absolute atomic E-state index is 0.304.